The van der Waals surface area contributed by atoms with E-state index in [4.69, 9.17) is 14.3 Å². The quantitative estimate of drug-likeness (QED) is 0.567. The van der Waals surface area contributed by atoms with Crippen molar-refractivity contribution in [2.75, 3.05) is 20.8 Å². The Kier molecular flexibility index (Phi) is 3.62. The highest BCUT2D eigenvalue weighted by molar-refractivity contribution is 6.02. The minimum Gasteiger partial charge on any atom is -0.466 e. The van der Waals surface area contributed by atoms with Crippen LogP contribution in [0.4, 0.5) is 0 Å². The number of ether oxygens (including phenoxy) is 2. The van der Waals surface area contributed by atoms with Crippen LogP contribution in [0.25, 0.3) is 0 Å². The Morgan fingerprint density at radius 2 is 1.66 bits per heavy atom. The van der Waals surface area contributed by atoms with Crippen molar-refractivity contribution in [1.29, 1.82) is 0 Å². The van der Waals surface area contributed by atoms with Gasteiger partial charge in [-0.1, -0.05) is 36.4 Å². The van der Waals surface area contributed by atoms with E-state index in [0.717, 1.165) is 13.0 Å². The van der Waals surface area contributed by atoms with Gasteiger partial charge in [0.2, 0.25) is 0 Å². The number of fused-ring (bicyclic) bond motifs is 3. The van der Waals surface area contributed by atoms with E-state index in [9.17, 15) is 9.59 Å². The largest absolute Gasteiger partial charge is 0.466 e. The molecule has 150 valence electrons. The van der Waals surface area contributed by atoms with Gasteiger partial charge in [-0.25, -0.2) is 9.59 Å². The first-order valence-electron chi connectivity index (χ1n) is 10.3. The fraction of sp³-hybridized carbons (Fsp3) is 0.478. The number of hydroxylamine groups is 2. The van der Waals surface area contributed by atoms with Gasteiger partial charge in [-0.2, -0.15) is 5.06 Å². The van der Waals surface area contributed by atoms with Gasteiger partial charge >= 0.3 is 11.9 Å². The minimum absolute atomic E-state index is 0.0891. The van der Waals surface area contributed by atoms with E-state index in [0.29, 0.717) is 11.1 Å². The van der Waals surface area contributed by atoms with Crippen molar-refractivity contribution in [2.24, 2.45) is 29.6 Å². The van der Waals surface area contributed by atoms with Gasteiger partial charge in [-0.15, -0.1) is 0 Å². The maximum Gasteiger partial charge on any atom is 0.334 e. The number of nitrogens with zero attached hydrogens (tertiary/aromatic N) is 1. The number of esters is 2. The van der Waals surface area contributed by atoms with E-state index < -0.39 is 11.9 Å². The maximum atomic E-state index is 12.9. The summed E-state index contributed by atoms with van der Waals surface area (Å²) in [6.07, 6.45) is 5.15. The van der Waals surface area contributed by atoms with Crippen LogP contribution in [0.1, 0.15) is 17.2 Å². The topological polar surface area (TPSA) is 65.1 Å². The highest BCUT2D eigenvalue weighted by Crippen LogP contribution is 2.65. The molecule has 7 unspecified atom stereocenters. The number of allylic oxidation sites excluding steroid dienone is 2. The van der Waals surface area contributed by atoms with Gasteiger partial charge in [-0.05, 0) is 29.4 Å². The summed E-state index contributed by atoms with van der Waals surface area (Å²) in [6.45, 7) is 0.817. The SMILES string of the molecule is COC(=O)C1=C(C(=O)OC)C2C3C=CC3C1C1ON3CCc4ccccc4C3C12. The molecule has 0 amide bonds. The standard InChI is InChI=1S/C23H23NO5/c1-27-22(25)17-15-13-7-8-14(13)16(18(17)23(26)28-2)21-19(15)20-12-6-4-3-5-11(12)9-10-24(20)29-21/h3-8,13-16,19-21H,9-10H2,1-2H3. The normalized spacial score (nSPS) is 38.5. The van der Waals surface area contributed by atoms with E-state index in [-0.39, 0.29) is 41.7 Å². The van der Waals surface area contributed by atoms with Crippen LogP contribution in [0.2, 0.25) is 0 Å². The van der Waals surface area contributed by atoms with Crippen LogP contribution in [0.3, 0.4) is 0 Å². The van der Waals surface area contributed by atoms with Crippen LogP contribution in [0.5, 0.6) is 0 Å². The maximum absolute atomic E-state index is 12.9. The minimum atomic E-state index is -0.438. The Balaban J connectivity index is 1.54. The lowest BCUT2D eigenvalue weighted by molar-refractivity contribution is -0.188. The summed E-state index contributed by atoms with van der Waals surface area (Å²) in [5.74, 6) is -0.592. The number of benzene rings is 1. The third-order valence-electron chi connectivity index (χ3n) is 7.65. The Morgan fingerprint density at radius 1 is 1.00 bits per heavy atom. The molecular weight excluding hydrogens is 370 g/mol. The molecule has 1 saturated carbocycles. The number of rotatable bonds is 2. The van der Waals surface area contributed by atoms with Crippen LogP contribution < -0.4 is 0 Å². The van der Waals surface area contributed by atoms with Gasteiger partial charge < -0.3 is 9.47 Å². The lowest BCUT2D eigenvalue weighted by atomic mass is 9.46. The second-order valence-corrected chi connectivity index (χ2v) is 8.58. The molecule has 0 radical (unpaired) electrons. The van der Waals surface area contributed by atoms with Gasteiger partial charge in [0, 0.05) is 24.3 Å². The first-order valence-corrected chi connectivity index (χ1v) is 10.3. The molecule has 29 heavy (non-hydrogen) atoms. The van der Waals surface area contributed by atoms with E-state index in [1.54, 1.807) is 0 Å². The third kappa shape index (κ3) is 2.08. The molecule has 1 saturated heterocycles. The van der Waals surface area contributed by atoms with Crippen molar-refractivity contribution >= 4 is 11.9 Å². The average molecular weight is 393 g/mol. The first kappa shape index (κ1) is 17.4. The molecule has 6 nitrogen and oxygen atoms in total. The molecule has 6 aliphatic rings. The van der Waals surface area contributed by atoms with E-state index in [1.807, 2.05) is 0 Å². The molecule has 0 spiro atoms. The van der Waals surface area contributed by atoms with Crippen LogP contribution >= 0.6 is 0 Å². The Labute approximate surface area is 169 Å². The zero-order valence-corrected chi connectivity index (χ0v) is 16.4. The van der Waals surface area contributed by atoms with Gasteiger partial charge in [0.05, 0.1) is 37.5 Å². The summed E-state index contributed by atoms with van der Waals surface area (Å²) in [5, 5.41) is 2.09. The lowest BCUT2D eigenvalue weighted by Crippen LogP contribution is -2.58. The molecule has 0 aromatic heterocycles. The van der Waals surface area contributed by atoms with Gasteiger partial charge in [0.15, 0.2) is 0 Å². The lowest BCUT2D eigenvalue weighted by Gasteiger charge is -2.56. The Hall–Kier alpha value is -2.44. The smallest absolute Gasteiger partial charge is 0.334 e. The second kappa shape index (κ2) is 6.03. The number of carbonyl (C=O) groups excluding carboxylic acids is 2. The second-order valence-electron chi connectivity index (χ2n) is 8.58. The zero-order chi connectivity index (χ0) is 19.9. The summed E-state index contributed by atoms with van der Waals surface area (Å²) >= 11 is 0. The fourth-order valence-corrected chi connectivity index (χ4v) is 6.58. The first-order chi connectivity index (χ1) is 14.2. The molecule has 6 heteroatoms. The molecule has 1 aromatic carbocycles. The summed E-state index contributed by atoms with van der Waals surface area (Å²) in [6, 6.07) is 8.60. The highest BCUT2D eigenvalue weighted by Gasteiger charge is 2.67. The predicted molar refractivity (Wildman–Crippen MR) is 102 cm³/mol. The van der Waals surface area contributed by atoms with Crippen LogP contribution in [-0.2, 0) is 30.3 Å². The fourth-order valence-electron chi connectivity index (χ4n) is 6.58. The monoisotopic (exact) mass is 393 g/mol. The van der Waals surface area contributed by atoms with Gasteiger partial charge in [0.1, 0.15) is 0 Å². The average Bonchev–Trinajstić information content (AvgIpc) is 3.13. The van der Waals surface area contributed by atoms with Crippen molar-refractivity contribution in [2.45, 2.75) is 18.6 Å². The Bertz CT molecular complexity index is 981. The number of hydrogen-bond acceptors (Lipinski definition) is 6. The van der Waals surface area contributed by atoms with Crippen LogP contribution in [0, 0.1) is 29.6 Å². The molecule has 1 aromatic rings. The molecule has 7 atom stereocenters. The highest BCUT2D eigenvalue weighted by atomic mass is 16.7. The molecular formula is C23H23NO5. The summed E-state index contributed by atoms with van der Waals surface area (Å²) in [7, 11) is 2.75. The van der Waals surface area contributed by atoms with Crippen molar-refractivity contribution in [3.63, 3.8) is 0 Å². The zero-order valence-electron chi connectivity index (χ0n) is 16.4. The van der Waals surface area contributed by atoms with E-state index in [1.165, 1.54) is 25.3 Å². The van der Waals surface area contributed by atoms with Crippen molar-refractivity contribution < 1.29 is 23.9 Å². The molecule has 2 heterocycles. The Morgan fingerprint density at radius 3 is 2.34 bits per heavy atom. The summed E-state index contributed by atoms with van der Waals surface area (Å²) in [5.41, 5.74) is 3.59. The predicted octanol–water partition coefficient (Wildman–Crippen LogP) is 2.22. The molecule has 0 N–H and O–H groups in total. The molecule has 2 aliphatic heterocycles. The number of methoxy groups -OCH3 is 2. The summed E-state index contributed by atoms with van der Waals surface area (Å²) < 4.78 is 10.2. The molecule has 7 rings (SSSR count). The van der Waals surface area contributed by atoms with Crippen molar-refractivity contribution in [1.82, 2.24) is 5.06 Å². The third-order valence-corrected chi connectivity index (χ3v) is 7.65. The molecule has 2 fully saturated rings. The van der Waals surface area contributed by atoms with E-state index in [2.05, 4.69) is 41.5 Å². The summed E-state index contributed by atoms with van der Waals surface area (Å²) in [4.78, 5) is 32.2. The van der Waals surface area contributed by atoms with Crippen LogP contribution in [-0.4, -0.2) is 43.9 Å². The van der Waals surface area contributed by atoms with Crippen molar-refractivity contribution in [3.8, 4) is 0 Å². The van der Waals surface area contributed by atoms with Crippen LogP contribution in [0.15, 0.2) is 47.6 Å². The van der Waals surface area contributed by atoms with Crippen molar-refractivity contribution in [3.05, 3.63) is 58.7 Å². The van der Waals surface area contributed by atoms with Gasteiger partial charge in [-0.3, -0.25) is 4.84 Å². The molecule has 4 aliphatic carbocycles. The number of hydrogen-bond donors (Lipinski definition) is 0. The number of carbonyl (C=O) groups is 2. The van der Waals surface area contributed by atoms with Gasteiger partial charge in [0.25, 0.3) is 0 Å². The molecule has 2 bridgehead atoms. The van der Waals surface area contributed by atoms with E-state index >= 15 is 0 Å².